The Morgan fingerprint density at radius 3 is 2.53 bits per heavy atom. The molecule has 106 valence electrons. The summed E-state index contributed by atoms with van der Waals surface area (Å²) < 4.78 is 13.7. The summed E-state index contributed by atoms with van der Waals surface area (Å²) in [6.45, 7) is 5.65. The lowest BCUT2D eigenvalue weighted by Crippen LogP contribution is -2.34. The van der Waals surface area contributed by atoms with Crippen LogP contribution in [0.3, 0.4) is 0 Å². The number of rotatable bonds is 6. The number of carbonyl (C=O) groups is 1. The number of nitrogens with one attached hydrogen (secondary N) is 1. The molecule has 0 atom stereocenters. The molecule has 0 aromatic heterocycles. The van der Waals surface area contributed by atoms with Gasteiger partial charge in [-0.05, 0) is 37.7 Å². The van der Waals surface area contributed by atoms with Gasteiger partial charge in [0, 0.05) is 13.1 Å². The zero-order chi connectivity index (χ0) is 14.6. The second-order valence-corrected chi connectivity index (χ2v) is 5.76. The van der Waals surface area contributed by atoms with Gasteiger partial charge >= 0.3 is 5.97 Å². The standard InChI is InChI=1S/C14H21FN2O2/c1-14(2,9-17(3)4)8-16-12-6-5-10(13(18)19)7-11(12)15/h5-7,16H,8-9H2,1-4H3,(H,18,19). The van der Waals surface area contributed by atoms with Crippen molar-refractivity contribution in [2.75, 3.05) is 32.5 Å². The van der Waals surface area contributed by atoms with Crippen LogP contribution in [0.4, 0.5) is 10.1 Å². The van der Waals surface area contributed by atoms with E-state index in [4.69, 9.17) is 5.11 Å². The maximum Gasteiger partial charge on any atom is 0.335 e. The lowest BCUT2D eigenvalue weighted by atomic mass is 9.93. The molecule has 0 unspecified atom stereocenters. The highest BCUT2D eigenvalue weighted by Gasteiger charge is 2.19. The van der Waals surface area contributed by atoms with Gasteiger partial charge in [0.15, 0.2) is 0 Å². The summed E-state index contributed by atoms with van der Waals surface area (Å²) >= 11 is 0. The summed E-state index contributed by atoms with van der Waals surface area (Å²) in [4.78, 5) is 12.8. The third kappa shape index (κ3) is 4.87. The van der Waals surface area contributed by atoms with Gasteiger partial charge in [0.2, 0.25) is 0 Å². The van der Waals surface area contributed by atoms with Crippen molar-refractivity contribution in [2.24, 2.45) is 5.41 Å². The van der Waals surface area contributed by atoms with Crippen LogP contribution < -0.4 is 5.32 Å². The van der Waals surface area contributed by atoms with Crippen LogP contribution in [0, 0.1) is 11.2 Å². The minimum Gasteiger partial charge on any atom is -0.478 e. The summed E-state index contributed by atoms with van der Waals surface area (Å²) in [7, 11) is 3.98. The van der Waals surface area contributed by atoms with E-state index in [-0.39, 0.29) is 11.0 Å². The number of carboxylic acids is 1. The zero-order valence-electron chi connectivity index (χ0n) is 11.8. The molecule has 5 heteroatoms. The number of aromatic carboxylic acids is 1. The molecular formula is C14H21FN2O2. The molecule has 2 N–H and O–H groups in total. The first-order chi connectivity index (χ1) is 8.71. The van der Waals surface area contributed by atoms with E-state index in [1.165, 1.54) is 12.1 Å². The molecule has 1 rings (SSSR count). The first-order valence-electron chi connectivity index (χ1n) is 6.13. The monoisotopic (exact) mass is 268 g/mol. The molecule has 0 saturated carbocycles. The maximum atomic E-state index is 13.7. The molecule has 19 heavy (non-hydrogen) atoms. The predicted octanol–water partition coefficient (Wildman–Crippen LogP) is 2.52. The summed E-state index contributed by atoms with van der Waals surface area (Å²) in [6, 6.07) is 3.89. The molecule has 0 aliphatic carbocycles. The number of hydrogen-bond acceptors (Lipinski definition) is 3. The number of carboxylic acid groups (broad SMARTS) is 1. The van der Waals surface area contributed by atoms with Crippen molar-refractivity contribution in [3.63, 3.8) is 0 Å². The van der Waals surface area contributed by atoms with Gasteiger partial charge in [-0.1, -0.05) is 13.8 Å². The van der Waals surface area contributed by atoms with E-state index in [9.17, 15) is 9.18 Å². The van der Waals surface area contributed by atoms with Crippen LogP contribution in [0.15, 0.2) is 18.2 Å². The molecule has 0 heterocycles. The van der Waals surface area contributed by atoms with Crippen molar-refractivity contribution >= 4 is 11.7 Å². The van der Waals surface area contributed by atoms with Gasteiger partial charge in [0.1, 0.15) is 5.82 Å². The second kappa shape index (κ2) is 6.02. The predicted molar refractivity (Wildman–Crippen MR) is 74.2 cm³/mol. The fourth-order valence-corrected chi connectivity index (χ4v) is 2.04. The van der Waals surface area contributed by atoms with Crippen LogP contribution >= 0.6 is 0 Å². The van der Waals surface area contributed by atoms with E-state index in [0.717, 1.165) is 12.6 Å². The lowest BCUT2D eigenvalue weighted by Gasteiger charge is -2.29. The fourth-order valence-electron chi connectivity index (χ4n) is 2.04. The third-order valence-corrected chi connectivity index (χ3v) is 2.72. The van der Waals surface area contributed by atoms with Crippen LogP contribution in [0.25, 0.3) is 0 Å². The number of nitrogens with zero attached hydrogens (tertiary/aromatic N) is 1. The number of benzene rings is 1. The highest BCUT2D eigenvalue weighted by molar-refractivity contribution is 5.88. The smallest absolute Gasteiger partial charge is 0.335 e. The summed E-state index contributed by atoms with van der Waals surface area (Å²) in [5.74, 6) is -1.67. The van der Waals surface area contributed by atoms with Gasteiger partial charge in [-0.15, -0.1) is 0 Å². The molecular weight excluding hydrogens is 247 g/mol. The second-order valence-electron chi connectivity index (χ2n) is 5.76. The minimum atomic E-state index is -1.13. The average molecular weight is 268 g/mol. The van der Waals surface area contributed by atoms with Gasteiger partial charge in [-0.2, -0.15) is 0 Å². The Kier molecular flexibility index (Phi) is 4.89. The quantitative estimate of drug-likeness (QED) is 0.832. The molecule has 0 radical (unpaired) electrons. The molecule has 0 aliphatic rings. The molecule has 0 aliphatic heterocycles. The molecule has 4 nitrogen and oxygen atoms in total. The molecule has 0 bridgehead atoms. The van der Waals surface area contributed by atoms with Crippen molar-refractivity contribution in [3.05, 3.63) is 29.6 Å². The van der Waals surface area contributed by atoms with Crippen molar-refractivity contribution in [3.8, 4) is 0 Å². The van der Waals surface area contributed by atoms with E-state index >= 15 is 0 Å². The SMILES string of the molecule is CN(C)CC(C)(C)CNc1ccc(C(=O)O)cc1F. The van der Waals surface area contributed by atoms with Crippen LogP contribution in [0.2, 0.25) is 0 Å². The minimum absolute atomic E-state index is 0.0125. The van der Waals surface area contributed by atoms with Gasteiger partial charge < -0.3 is 15.3 Å². The van der Waals surface area contributed by atoms with Crippen molar-refractivity contribution in [2.45, 2.75) is 13.8 Å². The van der Waals surface area contributed by atoms with Gasteiger partial charge in [0.25, 0.3) is 0 Å². The van der Waals surface area contributed by atoms with E-state index in [1.54, 1.807) is 0 Å². The highest BCUT2D eigenvalue weighted by Crippen LogP contribution is 2.20. The Morgan fingerprint density at radius 1 is 1.42 bits per heavy atom. The first-order valence-corrected chi connectivity index (χ1v) is 6.13. The number of halogens is 1. The Balaban J connectivity index is 2.71. The summed E-state index contributed by atoms with van der Waals surface area (Å²) in [5.41, 5.74) is 0.272. The molecule has 1 aromatic carbocycles. The van der Waals surface area contributed by atoms with Gasteiger partial charge in [0.05, 0.1) is 11.3 Å². The topological polar surface area (TPSA) is 52.6 Å². The normalized spacial score (nSPS) is 11.7. The van der Waals surface area contributed by atoms with Crippen molar-refractivity contribution in [1.29, 1.82) is 0 Å². The molecule has 0 saturated heterocycles. The third-order valence-electron chi connectivity index (χ3n) is 2.72. The van der Waals surface area contributed by atoms with Gasteiger partial charge in [-0.3, -0.25) is 0 Å². The Hall–Kier alpha value is -1.62. The van der Waals surface area contributed by atoms with E-state index in [1.807, 2.05) is 14.1 Å². The molecule has 1 aromatic rings. The van der Waals surface area contributed by atoms with E-state index in [0.29, 0.717) is 12.2 Å². The van der Waals surface area contributed by atoms with E-state index in [2.05, 4.69) is 24.1 Å². The Morgan fingerprint density at radius 2 is 2.05 bits per heavy atom. The molecule has 0 fully saturated rings. The zero-order valence-corrected chi connectivity index (χ0v) is 11.8. The number of anilines is 1. The summed E-state index contributed by atoms with van der Waals surface area (Å²) in [5, 5.41) is 11.8. The van der Waals surface area contributed by atoms with Crippen LogP contribution in [-0.2, 0) is 0 Å². The summed E-state index contributed by atoms with van der Waals surface area (Å²) in [6.07, 6.45) is 0. The maximum absolute atomic E-state index is 13.7. The van der Waals surface area contributed by atoms with Crippen molar-refractivity contribution in [1.82, 2.24) is 4.90 Å². The van der Waals surface area contributed by atoms with Crippen molar-refractivity contribution < 1.29 is 14.3 Å². The van der Waals surface area contributed by atoms with Gasteiger partial charge in [-0.25, -0.2) is 9.18 Å². The Bertz CT molecular complexity index is 459. The Labute approximate surface area is 113 Å². The molecule has 0 amide bonds. The largest absolute Gasteiger partial charge is 0.478 e. The lowest BCUT2D eigenvalue weighted by molar-refractivity contribution is 0.0696. The van der Waals surface area contributed by atoms with Crippen LogP contribution in [0.1, 0.15) is 24.2 Å². The molecule has 0 spiro atoms. The van der Waals surface area contributed by atoms with Crippen LogP contribution in [0.5, 0.6) is 0 Å². The number of hydrogen-bond donors (Lipinski definition) is 2. The average Bonchev–Trinajstić information content (AvgIpc) is 2.25. The first kappa shape index (κ1) is 15.4. The fraction of sp³-hybridized carbons (Fsp3) is 0.500. The van der Waals surface area contributed by atoms with E-state index < -0.39 is 11.8 Å². The highest BCUT2D eigenvalue weighted by atomic mass is 19.1. The van der Waals surface area contributed by atoms with Crippen LogP contribution in [-0.4, -0.2) is 43.2 Å².